The second kappa shape index (κ2) is 6.34. The molecule has 5 N–H and O–H groups in total. The number of alkyl halides is 2. The summed E-state index contributed by atoms with van der Waals surface area (Å²) in [5.41, 5.74) is 13.1. The van der Waals surface area contributed by atoms with Gasteiger partial charge in [-0.05, 0) is 25.1 Å². The zero-order valence-corrected chi connectivity index (χ0v) is 14.7. The average molecular weight is 387 g/mol. The number of aryl methyl sites for hydroxylation is 1. The highest BCUT2D eigenvalue weighted by molar-refractivity contribution is 6.06. The summed E-state index contributed by atoms with van der Waals surface area (Å²) in [5, 5.41) is 6.76. The van der Waals surface area contributed by atoms with Gasteiger partial charge in [-0.1, -0.05) is 12.1 Å². The number of aromatic amines is 1. The van der Waals surface area contributed by atoms with Gasteiger partial charge in [-0.3, -0.25) is 15.0 Å². The van der Waals surface area contributed by atoms with Crippen LogP contribution in [0.3, 0.4) is 0 Å². The normalized spacial score (nSPS) is 16.7. The molecule has 4 rings (SSSR count). The summed E-state index contributed by atoms with van der Waals surface area (Å²) < 4.78 is 44.0. The van der Waals surface area contributed by atoms with Gasteiger partial charge in [0, 0.05) is 17.3 Å². The molecule has 1 aliphatic heterocycles. The summed E-state index contributed by atoms with van der Waals surface area (Å²) in [6.07, 6.45) is -0.294. The second-order valence-electron chi connectivity index (χ2n) is 6.38. The molecule has 10 heteroatoms. The highest BCUT2D eigenvalue weighted by Gasteiger charge is 2.48. The highest BCUT2D eigenvalue weighted by Crippen LogP contribution is 2.43. The fraction of sp³-hybridized carbons (Fsp3) is 0.167. The number of para-hydroxylation sites is 1. The predicted octanol–water partition coefficient (Wildman–Crippen LogP) is 3.13. The zero-order chi connectivity index (χ0) is 20.1. The molecule has 0 bridgehead atoms. The number of pyridine rings is 1. The number of nitrogens with one attached hydrogen (secondary N) is 1. The zero-order valence-electron chi connectivity index (χ0n) is 14.7. The van der Waals surface area contributed by atoms with Crippen LogP contribution in [0.5, 0.6) is 0 Å². The first-order chi connectivity index (χ1) is 13.3. The number of nitrogens with two attached hydrogens (primary N) is 2. The molecule has 0 amide bonds. The molecule has 3 heterocycles. The van der Waals surface area contributed by atoms with Gasteiger partial charge in [-0.15, -0.1) is 0 Å². The molecule has 1 aromatic carbocycles. The second-order valence-corrected chi connectivity index (χ2v) is 6.38. The minimum atomic E-state index is -3.68. The van der Waals surface area contributed by atoms with E-state index in [9.17, 15) is 4.39 Å². The van der Waals surface area contributed by atoms with Crippen LogP contribution < -0.4 is 16.4 Å². The number of halogens is 3. The van der Waals surface area contributed by atoms with Crippen LogP contribution in [-0.2, 0) is 5.92 Å². The van der Waals surface area contributed by atoms with Crippen LogP contribution >= 0.6 is 0 Å². The van der Waals surface area contributed by atoms with E-state index in [1.54, 1.807) is 31.2 Å². The van der Waals surface area contributed by atoms with Crippen molar-refractivity contribution in [1.29, 1.82) is 0 Å². The third kappa shape index (κ3) is 2.78. The van der Waals surface area contributed by atoms with Gasteiger partial charge < -0.3 is 11.5 Å². The first kappa shape index (κ1) is 18.0. The van der Waals surface area contributed by atoms with Crippen LogP contribution in [0.4, 0.5) is 30.4 Å². The Morgan fingerprint density at radius 2 is 2.00 bits per heavy atom. The summed E-state index contributed by atoms with van der Waals surface area (Å²) in [6, 6.07) is 8.27. The molecular weight excluding hydrogens is 371 g/mol. The van der Waals surface area contributed by atoms with Crippen LogP contribution in [0.1, 0.15) is 23.1 Å². The molecule has 0 saturated carbocycles. The van der Waals surface area contributed by atoms with Crippen molar-refractivity contribution >= 4 is 23.0 Å². The molecule has 0 fully saturated rings. The molecule has 1 atom stereocenters. The number of aromatic nitrogens is 3. The van der Waals surface area contributed by atoms with E-state index < -0.39 is 29.4 Å². The number of nitrogens with zero attached hydrogens (tertiary/aromatic N) is 4. The van der Waals surface area contributed by atoms with E-state index >= 15 is 8.78 Å². The van der Waals surface area contributed by atoms with E-state index in [1.807, 2.05) is 0 Å². The minimum Gasteiger partial charge on any atom is -0.397 e. The molecule has 0 saturated heterocycles. The van der Waals surface area contributed by atoms with Crippen LogP contribution in [0.2, 0.25) is 0 Å². The molecule has 28 heavy (non-hydrogen) atoms. The Labute approximate surface area is 157 Å². The van der Waals surface area contributed by atoms with E-state index in [2.05, 4.69) is 20.2 Å². The fourth-order valence-corrected chi connectivity index (χ4v) is 3.05. The number of rotatable bonds is 3. The summed E-state index contributed by atoms with van der Waals surface area (Å²) in [7, 11) is 0. The van der Waals surface area contributed by atoms with Gasteiger partial charge in [-0.25, -0.2) is 9.38 Å². The number of benzene rings is 1. The SMILES string of the molecule is Cc1cc(N2C(C(F)(F)c3ccc(F)cn3)=Nc3c(N)cccc3C2N)n[nH]1. The lowest BCUT2D eigenvalue weighted by Gasteiger charge is -2.37. The number of nitrogen functional groups attached to an aromatic ring is 1. The summed E-state index contributed by atoms with van der Waals surface area (Å²) in [5.74, 6) is -4.94. The maximum absolute atomic E-state index is 15.4. The molecule has 0 aliphatic carbocycles. The van der Waals surface area contributed by atoms with E-state index in [4.69, 9.17) is 11.5 Å². The summed E-state index contributed by atoms with van der Waals surface area (Å²) >= 11 is 0. The van der Waals surface area contributed by atoms with Crippen molar-refractivity contribution in [3.05, 3.63) is 65.4 Å². The standard InChI is InChI=1S/C18H16F3N7/c1-9-7-14(27-26-9)28-16(23)11-3-2-4-12(22)15(11)25-17(28)18(20,21)13-6-5-10(19)8-24-13/h2-8,16H,22-23H2,1H3,(H,26,27). The van der Waals surface area contributed by atoms with Gasteiger partial charge in [0.25, 0.3) is 0 Å². The van der Waals surface area contributed by atoms with Crippen molar-refractivity contribution in [2.75, 3.05) is 10.6 Å². The summed E-state index contributed by atoms with van der Waals surface area (Å²) in [6.45, 7) is 1.73. The van der Waals surface area contributed by atoms with Crippen LogP contribution in [-0.4, -0.2) is 21.0 Å². The number of H-pyrrole nitrogens is 1. The van der Waals surface area contributed by atoms with Gasteiger partial charge >= 0.3 is 5.92 Å². The van der Waals surface area contributed by atoms with E-state index in [0.717, 1.165) is 23.2 Å². The maximum atomic E-state index is 15.4. The Kier molecular flexibility index (Phi) is 4.07. The lowest BCUT2D eigenvalue weighted by molar-refractivity contribution is 0.0677. The monoisotopic (exact) mass is 387 g/mol. The lowest BCUT2D eigenvalue weighted by atomic mass is 10.0. The van der Waals surface area contributed by atoms with Crippen molar-refractivity contribution < 1.29 is 13.2 Å². The molecule has 1 aliphatic rings. The van der Waals surface area contributed by atoms with Crippen LogP contribution in [0.15, 0.2) is 47.6 Å². The van der Waals surface area contributed by atoms with Crippen LogP contribution in [0, 0.1) is 12.7 Å². The summed E-state index contributed by atoms with van der Waals surface area (Å²) in [4.78, 5) is 8.78. The molecule has 3 aromatic rings. The molecular formula is C18H16F3N7. The first-order valence-corrected chi connectivity index (χ1v) is 8.33. The molecule has 0 radical (unpaired) electrons. The Morgan fingerprint density at radius 1 is 1.21 bits per heavy atom. The van der Waals surface area contributed by atoms with Crippen LogP contribution in [0.25, 0.3) is 0 Å². The average Bonchev–Trinajstić information content (AvgIpc) is 3.08. The molecule has 144 valence electrons. The van der Waals surface area contributed by atoms with Crippen molar-refractivity contribution in [2.24, 2.45) is 10.7 Å². The third-order valence-electron chi connectivity index (χ3n) is 4.41. The van der Waals surface area contributed by atoms with Gasteiger partial charge in [0.2, 0.25) is 0 Å². The topological polar surface area (TPSA) is 109 Å². The van der Waals surface area contributed by atoms with E-state index in [1.165, 1.54) is 0 Å². The van der Waals surface area contributed by atoms with Gasteiger partial charge in [0.1, 0.15) is 17.7 Å². The third-order valence-corrected chi connectivity index (χ3v) is 4.41. The molecule has 2 aromatic heterocycles. The number of hydrogen-bond acceptors (Lipinski definition) is 6. The van der Waals surface area contributed by atoms with Gasteiger partial charge in [0.15, 0.2) is 11.7 Å². The number of anilines is 2. The number of amidine groups is 1. The largest absolute Gasteiger partial charge is 0.397 e. The van der Waals surface area contributed by atoms with Crippen molar-refractivity contribution in [1.82, 2.24) is 15.2 Å². The Morgan fingerprint density at radius 3 is 2.64 bits per heavy atom. The van der Waals surface area contributed by atoms with Crippen molar-refractivity contribution in [2.45, 2.75) is 19.0 Å². The molecule has 0 spiro atoms. The Balaban J connectivity index is 1.94. The van der Waals surface area contributed by atoms with Crippen molar-refractivity contribution in [3.8, 4) is 0 Å². The van der Waals surface area contributed by atoms with Gasteiger partial charge in [-0.2, -0.15) is 13.9 Å². The van der Waals surface area contributed by atoms with Gasteiger partial charge in [0.05, 0.1) is 17.6 Å². The van der Waals surface area contributed by atoms with E-state index in [-0.39, 0.29) is 17.2 Å². The quantitative estimate of drug-likeness (QED) is 0.598. The number of hydrogen-bond donors (Lipinski definition) is 3. The highest BCUT2D eigenvalue weighted by atomic mass is 19.3. The Hall–Kier alpha value is -3.40. The number of fused-ring (bicyclic) bond motifs is 1. The first-order valence-electron chi connectivity index (χ1n) is 8.33. The predicted molar refractivity (Wildman–Crippen MR) is 98.8 cm³/mol. The minimum absolute atomic E-state index is 0.162. The molecule has 7 nitrogen and oxygen atoms in total. The van der Waals surface area contributed by atoms with E-state index in [0.29, 0.717) is 11.3 Å². The Bertz CT molecular complexity index is 1060. The fourth-order valence-electron chi connectivity index (χ4n) is 3.05. The molecule has 1 unspecified atom stereocenters. The maximum Gasteiger partial charge on any atom is 0.346 e. The van der Waals surface area contributed by atoms with Crippen molar-refractivity contribution in [3.63, 3.8) is 0 Å². The number of aliphatic imine (C=N–C) groups is 1. The lowest BCUT2D eigenvalue weighted by Crippen LogP contribution is -2.49. The smallest absolute Gasteiger partial charge is 0.346 e.